The molecule has 0 bridgehead atoms. The first-order chi connectivity index (χ1) is 6.28. The van der Waals surface area contributed by atoms with Gasteiger partial charge in [-0.15, -0.1) is 5.06 Å². The van der Waals surface area contributed by atoms with Crippen molar-refractivity contribution >= 4 is 5.71 Å². The van der Waals surface area contributed by atoms with Gasteiger partial charge in [-0.2, -0.15) is 4.74 Å². The van der Waals surface area contributed by atoms with Gasteiger partial charge in [-0.05, 0) is 13.8 Å². The van der Waals surface area contributed by atoms with E-state index < -0.39 is 11.4 Å². The van der Waals surface area contributed by atoms with Crippen LogP contribution in [0.25, 0.3) is 0 Å². The molecule has 0 aromatic heterocycles. The normalized spacial score (nSPS) is 48.8. The third-order valence-electron chi connectivity index (χ3n) is 3.15. The maximum atomic E-state index is 11.9. The zero-order valence-electron chi connectivity index (χ0n) is 8.94. The first-order valence-electron chi connectivity index (χ1n) is 4.80. The highest BCUT2D eigenvalue weighted by molar-refractivity contribution is 5.83. The Balaban J connectivity index is 2.42. The van der Waals surface area contributed by atoms with Crippen molar-refractivity contribution < 1.29 is 14.7 Å². The lowest BCUT2D eigenvalue weighted by molar-refractivity contribution is -0.572. The summed E-state index contributed by atoms with van der Waals surface area (Å²) in [6.07, 6.45) is 0.297. The number of hydrogen-bond acceptors (Lipinski definition) is 4. The fraction of sp³-hybridized carbons (Fsp3) is 0.889. The van der Waals surface area contributed by atoms with E-state index in [2.05, 4.69) is 0 Å². The summed E-state index contributed by atoms with van der Waals surface area (Å²) < 4.78 is 0.944. The zero-order chi connectivity index (χ0) is 10.7. The van der Waals surface area contributed by atoms with Gasteiger partial charge in [0.1, 0.15) is 6.04 Å². The minimum atomic E-state index is -1.23. The Kier molecular flexibility index (Phi) is 1.75. The van der Waals surface area contributed by atoms with Crippen LogP contribution in [-0.2, 0) is 4.84 Å². The van der Waals surface area contributed by atoms with E-state index in [1.165, 1.54) is 0 Å². The van der Waals surface area contributed by atoms with Crippen LogP contribution in [0.15, 0.2) is 0 Å². The Labute approximate surface area is 83.1 Å². The summed E-state index contributed by atoms with van der Waals surface area (Å²) in [4.78, 5) is 5.36. The van der Waals surface area contributed by atoms with Crippen LogP contribution in [0, 0.1) is 5.21 Å². The summed E-state index contributed by atoms with van der Waals surface area (Å²) in [7, 11) is 0. The minimum Gasteiger partial charge on any atom is -0.622 e. The van der Waals surface area contributed by atoms with Crippen LogP contribution in [0.2, 0.25) is 0 Å². The van der Waals surface area contributed by atoms with E-state index in [-0.39, 0.29) is 6.04 Å². The first-order valence-corrected chi connectivity index (χ1v) is 4.80. The van der Waals surface area contributed by atoms with Crippen molar-refractivity contribution in [1.29, 1.82) is 0 Å². The third kappa shape index (κ3) is 1.03. The molecule has 1 fully saturated rings. The van der Waals surface area contributed by atoms with E-state index in [9.17, 15) is 10.3 Å². The maximum absolute atomic E-state index is 11.9. The molecule has 14 heavy (non-hydrogen) atoms. The van der Waals surface area contributed by atoms with Crippen molar-refractivity contribution in [3.8, 4) is 0 Å². The first kappa shape index (κ1) is 9.89. The summed E-state index contributed by atoms with van der Waals surface area (Å²) in [5, 5.41) is 23.2. The number of fused-ring (bicyclic) bond motifs is 1. The van der Waals surface area contributed by atoms with Crippen molar-refractivity contribution in [2.45, 2.75) is 51.6 Å². The molecule has 1 saturated heterocycles. The predicted octanol–water partition coefficient (Wildman–Crippen LogP) is 0.422. The van der Waals surface area contributed by atoms with Gasteiger partial charge in [-0.3, -0.25) is 4.84 Å². The number of aliphatic hydroxyl groups is 1. The smallest absolute Gasteiger partial charge is 0.253 e. The predicted molar refractivity (Wildman–Crippen MR) is 50.3 cm³/mol. The quantitative estimate of drug-likeness (QED) is 0.455. The van der Waals surface area contributed by atoms with Crippen molar-refractivity contribution in [3.63, 3.8) is 0 Å². The summed E-state index contributed by atoms with van der Waals surface area (Å²) >= 11 is 0. The molecule has 5 nitrogen and oxygen atoms in total. The minimum absolute atomic E-state index is 0.0773. The SMILES string of the molecule is CC1=[N+]([O-])[C@@]2(C)C[C@](C)(O)ON2[C@H]1C. The van der Waals surface area contributed by atoms with E-state index in [0.717, 1.165) is 10.5 Å². The third-order valence-corrected chi connectivity index (χ3v) is 3.15. The maximum Gasteiger partial charge on any atom is 0.253 e. The molecule has 2 rings (SSSR count). The van der Waals surface area contributed by atoms with Gasteiger partial charge in [-0.1, -0.05) is 0 Å². The lowest BCUT2D eigenvalue weighted by Crippen LogP contribution is -2.44. The lowest BCUT2D eigenvalue weighted by Gasteiger charge is -2.23. The monoisotopic (exact) mass is 200 g/mol. The van der Waals surface area contributed by atoms with E-state index >= 15 is 0 Å². The van der Waals surface area contributed by atoms with E-state index in [4.69, 9.17) is 4.84 Å². The molecule has 0 spiro atoms. The molecule has 0 saturated carbocycles. The number of nitrogens with zero attached hydrogens (tertiary/aromatic N) is 2. The summed E-state index contributed by atoms with van der Waals surface area (Å²) in [5.41, 5.74) is -0.0319. The standard InChI is InChI=1S/C9H16N2O3/c1-6-7(2)11-8(3,10(6)13)5-9(4,12)14-11/h7,12H,5H2,1-4H3/t7-,8+,9+/m0/s1. The summed E-state index contributed by atoms with van der Waals surface area (Å²) in [6.45, 7) is 7.05. The Bertz CT molecular complexity index is 313. The molecule has 2 aliphatic rings. The van der Waals surface area contributed by atoms with Crippen LogP contribution in [0.3, 0.4) is 0 Å². The van der Waals surface area contributed by atoms with Crippen molar-refractivity contribution in [2.75, 3.05) is 0 Å². The molecule has 3 atom stereocenters. The van der Waals surface area contributed by atoms with Crippen molar-refractivity contribution in [2.24, 2.45) is 0 Å². The molecule has 0 aromatic rings. The van der Waals surface area contributed by atoms with Gasteiger partial charge < -0.3 is 10.3 Å². The molecule has 0 aliphatic carbocycles. The van der Waals surface area contributed by atoms with E-state index in [1.807, 2.05) is 6.92 Å². The number of hydroxylamine groups is 3. The average Bonchev–Trinajstić information content (AvgIpc) is 2.39. The van der Waals surface area contributed by atoms with Gasteiger partial charge >= 0.3 is 0 Å². The van der Waals surface area contributed by atoms with Crippen molar-refractivity contribution in [3.05, 3.63) is 5.21 Å². The number of hydrogen-bond donors (Lipinski definition) is 1. The van der Waals surface area contributed by atoms with E-state index in [0.29, 0.717) is 6.42 Å². The van der Waals surface area contributed by atoms with Crippen LogP contribution in [0.5, 0.6) is 0 Å². The van der Waals surface area contributed by atoms with Gasteiger partial charge in [-0.25, -0.2) is 0 Å². The van der Waals surface area contributed by atoms with Gasteiger partial charge in [0.05, 0.1) is 6.42 Å². The molecule has 5 heteroatoms. The second-order valence-corrected chi connectivity index (χ2v) is 4.60. The topological polar surface area (TPSA) is 58.8 Å². The molecule has 0 amide bonds. The highest BCUT2D eigenvalue weighted by Gasteiger charge is 2.62. The van der Waals surface area contributed by atoms with Crippen LogP contribution < -0.4 is 0 Å². The van der Waals surface area contributed by atoms with Gasteiger partial charge in [0.25, 0.3) is 5.66 Å². The largest absolute Gasteiger partial charge is 0.622 e. The highest BCUT2D eigenvalue weighted by Crippen LogP contribution is 2.42. The van der Waals surface area contributed by atoms with Gasteiger partial charge in [0.15, 0.2) is 11.5 Å². The van der Waals surface area contributed by atoms with Gasteiger partial charge in [0.2, 0.25) is 0 Å². The molecule has 2 aliphatic heterocycles. The second-order valence-electron chi connectivity index (χ2n) is 4.60. The summed E-state index contributed by atoms with van der Waals surface area (Å²) in [5.74, 6) is -1.23. The molecular formula is C9H16N2O3. The highest BCUT2D eigenvalue weighted by atomic mass is 16.8. The van der Waals surface area contributed by atoms with Gasteiger partial charge in [0, 0.05) is 13.8 Å². The Morgan fingerprint density at radius 1 is 1.64 bits per heavy atom. The molecule has 0 unspecified atom stereocenters. The van der Waals surface area contributed by atoms with Crippen LogP contribution in [0.1, 0.15) is 34.1 Å². The van der Waals surface area contributed by atoms with Crippen LogP contribution in [-0.4, -0.2) is 38.1 Å². The molecule has 0 radical (unpaired) electrons. The molecule has 1 N–H and O–H groups in total. The fourth-order valence-corrected chi connectivity index (χ4v) is 2.42. The molecule has 2 heterocycles. The summed E-state index contributed by atoms with van der Waals surface area (Å²) in [6, 6.07) is -0.0773. The Morgan fingerprint density at radius 2 is 2.21 bits per heavy atom. The van der Waals surface area contributed by atoms with Crippen LogP contribution in [0.4, 0.5) is 0 Å². The Hall–Kier alpha value is -0.650. The van der Waals surface area contributed by atoms with Crippen molar-refractivity contribution in [1.82, 2.24) is 5.06 Å². The van der Waals surface area contributed by atoms with E-state index in [1.54, 1.807) is 25.8 Å². The fourth-order valence-electron chi connectivity index (χ4n) is 2.42. The zero-order valence-corrected chi connectivity index (χ0v) is 8.94. The average molecular weight is 200 g/mol. The van der Waals surface area contributed by atoms with Crippen LogP contribution >= 0.6 is 0 Å². The second kappa shape index (κ2) is 2.48. The lowest BCUT2D eigenvalue weighted by atomic mass is 10.1. The Morgan fingerprint density at radius 3 is 2.71 bits per heavy atom. The molecular weight excluding hydrogens is 184 g/mol. The molecule has 0 aromatic carbocycles. The molecule has 80 valence electrons. The number of rotatable bonds is 0.